The molecule has 0 aliphatic carbocycles. The summed E-state index contributed by atoms with van der Waals surface area (Å²) in [5.41, 5.74) is 1.18. The number of aliphatic hydroxyl groups excluding tert-OH is 1. The molecule has 3 N–H and O–H groups in total. The number of rotatable bonds is 8. The first-order valence-corrected chi connectivity index (χ1v) is 13.5. The van der Waals surface area contributed by atoms with E-state index in [1.807, 2.05) is 33.0 Å². The Bertz CT molecular complexity index is 1550. The predicted molar refractivity (Wildman–Crippen MR) is 150 cm³/mol. The van der Waals surface area contributed by atoms with E-state index in [1.165, 1.54) is 11.3 Å². The van der Waals surface area contributed by atoms with E-state index in [0.717, 1.165) is 15.6 Å². The maximum atomic E-state index is 13.6. The molecular formula is C27H28ClN7O3S. The standard InChI is InChI=1S/C27H28ClN7O3S/c1-15(24(37)31-20(14-36)16-6-5-7-17(28)12-16)35-25(38)18-13-21(39-23(18)27(35,2)3)19-8-10-29-26(32-19)33-22-9-11-30-34(22)4/h5-13,15,20,36H,14H2,1-4H3,(H,31,37)(H,29,32,33)/t15?,20-/m1/s1. The fourth-order valence-electron chi connectivity index (χ4n) is 4.82. The average molecular weight is 566 g/mol. The van der Waals surface area contributed by atoms with E-state index in [-0.39, 0.29) is 18.4 Å². The first-order chi connectivity index (χ1) is 18.6. The Balaban J connectivity index is 1.36. The van der Waals surface area contributed by atoms with Crippen molar-refractivity contribution in [2.75, 3.05) is 11.9 Å². The van der Waals surface area contributed by atoms with Gasteiger partial charge in [-0.2, -0.15) is 5.10 Å². The summed E-state index contributed by atoms with van der Waals surface area (Å²) in [6.45, 7) is 5.25. The number of hydrogen-bond donors (Lipinski definition) is 3. The van der Waals surface area contributed by atoms with Gasteiger partial charge in [-0.15, -0.1) is 11.3 Å². The number of aliphatic hydroxyl groups is 1. The van der Waals surface area contributed by atoms with Gasteiger partial charge in [0.15, 0.2) is 0 Å². The molecule has 0 fully saturated rings. The van der Waals surface area contributed by atoms with Crippen molar-refractivity contribution in [1.82, 2.24) is 30.0 Å². The molecule has 1 unspecified atom stereocenters. The van der Waals surface area contributed by atoms with Crippen molar-refractivity contribution in [3.8, 4) is 10.6 Å². The maximum Gasteiger partial charge on any atom is 0.256 e. The van der Waals surface area contributed by atoms with E-state index >= 15 is 0 Å². The molecule has 5 rings (SSSR count). The molecule has 1 aliphatic heterocycles. The van der Waals surface area contributed by atoms with Gasteiger partial charge < -0.3 is 20.6 Å². The van der Waals surface area contributed by atoms with Gasteiger partial charge in [0.25, 0.3) is 5.91 Å². The largest absolute Gasteiger partial charge is 0.394 e. The number of aryl methyl sites for hydroxylation is 1. The minimum absolute atomic E-state index is 0.231. The summed E-state index contributed by atoms with van der Waals surface area (Å²) in [5.74, 6) is 0.567. The monoisotopic (exact) mass is 565 g/mol. The number of carbonyl (C=O) groups excluding carboxylic acids is 2. The van der Waals surface area contributed by atoms with Crippen molar-refractivity contribution in [2.45, 2.75) is 38.4 Å². The summed E-state index contributed by atoms with van der Waals surface area (Å²) in [5, 5.41) is 20.6. The van der Waals surface area contributed by atoms with Crippen LogP contribution in [0.2, 0.25) is 5.02 Å². The third kappa shape index (κ3) is 5.00. The molecule has 2 atom stereocenters. The van der Waals surface area contributed by atoms with Gasteiger partial charge in [0.05, 0.1) is 40.5 Å². The highest BCUT2D eigenvalue weighted by Gasteiger charge is 2.48. The fraction of sp³-hybridized carbons (Fsp3) is 0.296. The van der Waals surface area contributed by atoms with Gasteiger partial charge in [0.1, 0.15) is 11.9 Å². The number of nitrogens with one attached hydrogen (secondary N) is 2. The van der Waals surface area contributed by atoms with Crippen LogP contribution in [0.25, 0.3) is 10.6 Å². The van der Waals surface area contributed by atoms with E-state index in [4.69, 9.17) is 11.6 Å². The first-order valence-electron chi connectivity index (χ1n) is 12.3. The second kappa shape index (κ2) is 10.4. The Morgan fingerprint density at radius 1 is 1.21 bits per heavy atom. The van der Waals surface area contributed by atoms with Crippen LogP contribution in [-0.2, 0) is 17.4 Å². The van der Waals surface area contributed by atoms with Crippen LogP contribution in [0.15, 0.2) is 54.9 Å². The van der Waals surface area contributed by atoms with Crippen LogP contribution in [0.3, 0.4) is 0 Å². The zero-order valence-electron chi connectivity index (χ0n) is 21.8. The van der Waals surface area contributed by atoms with Crippen LogP contribution in [-0.4, -0.2) is 54.2 Å². The van der Waals surface area contributed by atoms with Crippen molar-refractivity contribution in [3.05, 3.63) is 75.9 Å². The molecule has 12 heteroatoms. The van der Waals surface area contributed by atoms with Gasteiger partial charge in [-0.25, -0.2) is 9.97 Å². The molecule has 3 aromatic heterocycles. The Labute approximate surface area is 234 Å². The number of nitrogens with zero attached hydrogens (tertiary/aromatic N) is 5. The summed E-state index contributed by atoms with van der Waals surface area (Å²) in [6, 6.07) is 11.0. The Morgan fingerprint density at radius 2 is 2.00 bits per heavy atom. The molecule has 1 aromatic carbocycles. The van der Waals surface area contributed by atoms with Crippen molar-refractivity contribution in [3.63, 3.8) is 0 Å². The summed E-state index contributed by atoms with van der Waals surface area (Å²) < 4.78 is 1.68. The summed E-state index contributed by atoms with van der Waals surface area (Å²) >= 11 is 7.56. The lowest BCUT2D eigenvalue weighted by Gasteiger charge is -2.36. The number of aromatic nitrogens is 4. The number of thiophene rings is 1. The highest BCUT2D eigenvalue weighted by atomic mass is 35.5. The quantitative estimate of drug-likeness (QED) is 0.291. The van der Waals surface area contributed by atoms with Crippen LogP contribution in [0.1, 0.15) is 47.6 Å². The smallest absolute Gasteiger partial charge is 0.256 e. The van der Waals surface area contributed by atoms with Crippen LogP contribution < -0.4 is 10.6 Å². The van der Waals surface area contributed by atoms with E-state index in [9.17, 15) is 14.7 Å². The van der Waals surface area contributed by atoms with Gasteiger partial charge in [-0.3, -0.25) is 14.3 Å². The van der Waals surface area contributed by atoms with Crippen molar-refractivity contribution in [1.29, 1.82) is 0 Å². The minimum atomic E-state index is -0.780. The average Bonchev–Trinajstić information content (AvgIpc) is 3.58. The lowest BCUT2D eigenvalue weighted by atomic mass is 10.0. The zero-order chi connectivity index (χ0) is 27.9. The van der Waals surface area contributed by atoms with E-state index < -0.39 is 17.6 Å². The number of halogens is 1. The molecule has 4 heterocycles. The number of anilines is 2. The molecule has 2 amide bonds. The molecule has 10 nitrogen and oxygen atoms in total. The Hall–Kier alpha value is -3.80. The highest BCUT2D eigenvalue weighted by Crippen LogP contribution is 2.47. The summed E-state index contributed by atoms with van der Waals surface area (Å²) in [6.07, 6.45) is 3.34. The van der Waals surface area contributed by atoms with Crippen LogP contribution in [0.5, 0.6) is 0 Å². The number of benzene rings is 1. The van der Waals surface area contributed by atoms with Crippen molar-refractivity contribution >= 4 is 46.5 Å². The molecule has 1 aliphatic rings. The Kier molecular flexibility index (Phi) is 7.15. The molecule has 0 saturated carbocycles. The normalized spacial score (nSPS) is 15.6. The molecule has 0 spiro atoms. The van der Waals surface area contributed by atoms with Gasteiger partial charge in [-0.1, -0.05) is 23.7 Å². The van der Waals surface area contributed by atoms with Crippen LogP contribution in [0, 0.1) is 0 Å². The Morgan fingerprint density at radius 3 is 2.67 bits per heavy atom. The summed E-state index contributed by atoms with van der Waals surface area (Å²) in [7, 11) is 1.82. The number of amides is 2. The first kappa shape index (κ1) is 26.8. The van der Waals surface area contributed by atoms with Crippen LogP contribution in [0.4, 0.5) is 11.8 Å². The van der Waals surface area contributed by atoms with Crippen LogP contribution >= 0.6 is 22.9 Å². The summed E-state index contributed by atoms with van der Waals surface area (Å²) in [4.78, 5) is 39.1. The van der Waals surface area contributed by atoms with E-state index in [2.05, 4.69) is 25.7 Å². The number of fused-ring (bicyclic) bond motifs is 1. The number of hydrogen-bond acceptors (Lipinski definition) is 8. The maximum absolute atomic E-state index is 13.6. The van der Waals surface area contributed by atoms with Gasteiger partial charge in [-0.05, 0) is 50.6 Å². The molecule has 0 saturated heterocycles. The second-order valence-electron chi connectivity index (χ2n) is 9.79. The van der Waals surface area contributed by atoms with Crippen molar-refractivity contribution < 1.29 is 14.7 Å². The number of carbonyl (C=O) groups is 2. The fourth-order valence-corrected chi connectivity index (χ4v) is 6.24. The SMILES string of the molecule is CC(C(=O)N[C@H](CO)c1cccc(Cl)c1)N1C(=O)c2cc(-c3ccnc(Nc4ccnn4C)n3)sc2C1(C)C. The highest BCUT2D eigenvalue weighted by molar-refractivity contribution is 7.16. The van der Waals surface area contributed by atoms with Gasteiger partial charge in [0, 0.05) is 29.2 Å². The lowest BCUT2D eigenvalue weighted by Crippen LogP contribution is -2.52. The molecule has 39 heavy (non-hydrogen) atoms. The second-order valence-corrected chi connectivity index (χ2v) is 11.3. The zero-order valence-corrected chi connectivity index (χ0v) is 23.4. The molecule has 0 bridgehead atoms. The molecule has 4 aromatic rings. The topological polar surface area (TPSA) is 125 Å². The minimum Gasteiger partial charge on any atom is -0.394 e. The van der Waals surface area contributed by atoms with Crippen molar-refractivity contribution in [2.24, 2.45) is 7.05 Å². The van der Waals surface area contributed by atoms with Gasteiger partial charge >= 0.3 is 0 Å². The predicted octanol–water partition coefficient (Wildman–Crippen LogP) is 4.26. The molecular weight excluding hydrogens is 538 g/mol. The third-order valence-electron chi connectivity index (χ3n) is 6.82. The van der Waals surface area contributed by atoms with E-state index in [1.54, 1.807) is 59.2 Å². The molecule has 202 valence electrons. The molecule has 0 radical (unpaired) electrons. The van der Waals surface area contributed by atoms with Gasteiger partial charge in [0.2, 0.25) is 11.9 Å². The third-order valence-corrected chi connectivity index (χ3v) is 8.53. The van der Waals surface area contributed by atoms with E-state index in [0.29, 0.717) is 27.8 Å². The lowest BCUT2D eigenvalue weighted by molar-refractivity contribution is -0.127.